The fraction of sp³-hybridized carbons (Fsp3) is 0.278. The molecule has 0 bridgehead atoms. The predicted molar refractivity (Wildman–Crippen MR) is 92.6 cm³/mol. The summed E-state index contributed by atoms with van der Waals surface area (Å²) in [6.45, 7) is 1.80. The van der Waals surface area contributed by atoms with Crippen molar-refractivity contribution in [2.24, 2.45) is 0 Å². The van der Waals surface area contributed by atoms with Gasteiger partial charge in [-0.05, 0) is 24.6 Å². The number of nitrogens with zero attached hydrogens (tertiary/aromatic N) is 1. The first-order valence-electron chi connectivity index (χ1n) is 7.42. The maximum absolute atomic E-state index is 12.2. The molecule has 0 aliphatic carbocycles. The monoisotopic (exact) mass is 329 g/mol. The van der Waals surface area contributed by atoms with Gasteiger partial charge in [-0.1, -0.05) is 48.0 Å². The Kier molecular flexibility index (Phi) is 6.35. The molecule has 0 unspecified atom stereocenters. The summed E-state index contributed by atoms with van der Waals surface area (Å²) in [5.41, 5.74) is 2.02. The first-order chi connectivity index (χ1) is 11.0. The van der Waals surface area contributed by atoms with E-state index in [0.29, 0.717) is 5.75 Å². The fourth-order valence-electron chi connectivity index (χ4n) is 2.33. The van der Waals surface area contributed by atoms with Gasteiger partial charge in [-0.2, -0.15) is 0 Å². The van der Waals surface area contributed by atoms with Gasteiger partial charge in [0.1, 0.15) is 5.78 Å². The summed E-state index contributed by atoms with van der Waals surface area (Å²) in [6, 6.07) is 17.2. The number of rotatable bonds is 8. The molecule has 0 radical (unpaired) electrons. The number of aryl methyl sites for hydroxylation is 1. The van der Waals surface area contributed by atoms with E-state index >= 15 is 0 Å². The molecule has 0 aliphatic heterocycles. The summed E-state index contributed by atoms with van der Waals surface area (Å²) in [6.07, 6.45) is 0.198. The topological polar surface area (TPSA) is 60.2 Å². The molecule has 0 amide bonds. The predicted octanol–water partition coefficient (Wildman–Crippen LogP) is 4.11. The molecule has 2 aromatic rings. The van der Waals surface area contributed by atoms with E-state index in [1.165, 1.54) is 17.3 Å². The Morgan fingerprint density at radius 3 is 2.39 bits per heavy atom. The zero-order valence-electron chi connectivity index (χ0n) is 13.0. The number of hydrogen-bond acceptors (Lipinski definition) is 4. The van der Waals surface area contributed by atoms with E-state index in [1.807, 2.05) is 61.5 Å². The van der Waals surface area contributed by atoms with E-state index < -0.39 is 0 Å². The van der Waals surface area contributed by atoms with Gasteiger partial charge in [0.25, 0.3) is 0 Å². The van der Waals surface area contributed by atoms with Gasteiger partial charge in [0.15, 0.2) is 0 Å². The molecular weight excluding hydrogens is 310 g/mol. The zero-order chi connectivity index (χ0) is 16.7. The Hall–Kier alpha value is -2.14. The van der Waals surface area contributed by atoms with Crippen molar-refractivity contribution in [3.05, 3.63) is 75.8 Å². The van der Waals surface area contributed by atoms with Crippen LogP contribution >= 0.6 is 11.8 Å². The van der Waals surface area contributed by atoms with Crippen molar-refractivity contribution in [2.45, 2.75) is 24.2 Å². The van der Waals surface area contributed by atoms with Crippen LogP contribution in [0, 0.1) is 17.0 Å². The summed E-state index contributed by atoms with van der Waals surface area (Å²) >= 11 is 1.47. The molecule has 4 nitrogen and oxygen atoms in total. The van der Waals surface area contributed by atoms with Crippen LogP contribution in [-0.2, 0) is 4.79 Å². The molecule has 1 atom stereocenters. The smallest absolute Gasteiger partial charge is 0.211 e. The number of hydrogen-bond donors (Lipinski definition) is 0. The van der Waals surface area contributed by atoms with Crippen LogP contribution in [0.15, 0.2) is 59.5 Å². The van der Waals surface area contributed by atoms with Crippen molar-refractivity contribution in [2.75, 3.05) is 12.3 Å². The Morgan fingerprint density at radius 1 is 1.13 bits per heavy atom. The highest BCUT2D eigenvalue weighted by Crippen LogP contribution is 2.23. The highest BCUT2D eigenvalue weighted by molar-refractivity contribution is 8.00. The Morgan fingerprint density at radius 2 is 1.78 bits per heavy atom. The molecule has 120 valence electrons. The number of carbonyl (C=O) groups excluding carboxylic acids is 1. The molecule has 2 aromatic carbocycles. The van der Waals surface area contributed by atoms with E-state index in [9.17, 15) is 14.9 Å². The Labute approximate surface area is 140 Å². The normalized spacial score (nSPS) is 11.9. The minimum atomic E-state index is -0.364. The molecule has 2 rings (SSSR count). The first-order valence-corrected chi connectivity index (χ1v) is 8.41. The van der Waals surface area contributed by atoms with Gasteiger partial charge >= 0.3 is 0 Å². The number of ketones is 1. The molecule has 23 heavy (non-hydrogen) atoms. The lowest BCUT2D eigenvalue weighted by atomic mass is 9.94. The van der Waals surface area contributed by atoms with Gasteiger partial charge in [0.2, 0.25) is 6.54 Å². The van der Waals surface area contributed by atoms with Crippen molar-refractivity contribution in [3.8, 4) is 0 Å². The van der Waals surface area contributed by atoms with Crippen LogP contribution in [0.2, 0.25) is 0 Å². The molecule has 0 aromatic heterocycles. The molecule has 0 N–H and O–H groups in total. The van der Waals surface area contributed by atoms with Gasteiger partial charge in [-0.3, -0.25) is 14.9 Å². The van der Waals surface area contributed by atoms with E-state index in [-0.39, 0.29) is 29.6 Å². The van der Waals surface area contributed by atoms with Gasteiger partial charge in [-0.25, -0.2) is 0 Å². The third-order valence-electron chi connectivity index (χ3n) is 3.54. The van der Waals surface area contributed by atoms with E-state index in [1.54, 1.807) is 0 Å². The number of nitro groups is 1. The second kappa shape index (κ2) is 8.48. The molecule has 0 fully saturated rings. The maximum atomic E-state index is 12.2. The summed E-state index contributed by atoms with van der Waals surface area (Å²) in [5, 5.41) is 10.9. The average molecular weight is 329 g/mol. The molecular formula is C18H19NO3S. The SMILES string of the molecule is Cc1ccc(SCC(=O)C[C@@H](C[N+](=O)[O-])c2ccccc2)cc1. The first kappa shape index (κ1) is 17.2. The average Bonchev–Trinajstić information content (AvgIpc) is 2.54. The van der Waals surface area contributed by atoms with Gasteiger partial charge < -0.3 is 0 Å². The van der Waals surface area contributed by atoms with Crippen molar-refractivity contribution in [3.63, 3.8) is 0 Å². The minimum Gasteiger partial charge on any atom is -0.299 e. The van der Waals surface area contributed by atoms with Crippen molar-refractivity contribution in [1.82, 2.24) is 0 Å². The number of Topliss-reactive ketones (excluding diaryl/α,β-unsaturated/α-hetero) is 1. The van der Waals surface area contributed by atoms with Gasteiger partial charge in [0.05, 0.1) is 11.7 Å². The van der Waals surface area contributed by atoms with Crippen molar-refractivity contribution >= 4 is 17.5 Å². The van der Waals surface area contributed by atoms with Crippen LogP contribution in [0.25, 0.3) is 0 Å². The molecule has 0 heterocycles. The maximum Gasteiger partial charge on any atom is 0.211 e. The second-order valence-corrected chi connectivity index (χ2v) is 6.52. The van der Waals surface area contributed by atoms with Gasteiger partial charge in [-0.15, -0.1) is 11.8 Å². The summed E-state index contributed by atoms with van der Waals surface area (Å²) in [4.78, 5) is 23.8. The molecule has 0 saturated carbocycles. The van der Waals surface area contributed by atoms with Crippen LogP contribution in [-0.4, -0.2) is 23.0 Å². The van der Waals surface area contributed by atoms with Crippen LogP contribution < -0.4 is 0 Å². The zero-order valence-corrected chi connectivity index (χ0v) is 13.8. The molecule has 0 spiro atoms. The summed E-state index contributed by atoms with van der Waals surface area (Å²) in [7, 11) is 0. The lowest BCUT2D eigenvalue weighted by molar-refractivity contribution is -0.483. The third-order valence-corrected chi connectivity index (χ3v) is 4.61. The Balaban J connectivity index is 1.94. The lowest BCUT2D eigenvalue weighted by Gasteiger charge is -2.12. The van der Waals surface area contributed by atoms with Gasteiger partial charge in [0, 0.05) is 16.2 Å². The highest BCUT2D eigenvalue weighted by Gasteiger charge is 2.21. The number of carbonyl (C=O) groups is 1. The van der Waals surface area contributed by atoms with E-state index in [4.69, 9.17) is 0 Å². The largest absolute Gasteiger partial charge is 0.299 e. The van der Waals surface area contributed by atoms with Crippen LogP contribution in [0.5, 0.6) is 0 Å². The molecule has 0 saturated heterocycles. The quantitative estimate of drug-likeness (QED) is 0.415. The Bertz CT molecular complexity index is 656. The van der Waals surface area contributed by atoms with Crippen LogP contribution in [0.1, 0.15) is 23.5 Å². The number of benzene rings is 2. The highest BCUT2D eigenvalue weighted by atomic mass is 32.2. The summed E-state index contributed by atoms with van der Waals surface area (Å²) in [5.74, 6) is 0.00741. The van der Waals surface area contributed by atoms with Crippen LogP contribution in [0.3, 0.4) is 0 Å². The summed E-state index contributed by atoms with van der Waals surface area (Å²) < 4.78 is 0. The second-order valence-electron chi connectivity index (χ2n) is 5.47. The lowest BCUT2D eigenvalue weighted by Crippen LogP contribution is -2.17. The van der Waals surface area contributed by atoms with E-state index in [0.717, 1.165) is 10.5 Å². The fourth-order valence-corrected chi connectivity index (χ4v) is 3.10. The van der Waals surface area contributed by atoms with Crippen molar-refractivity contribution < 1.29 is 9.72 Å². The molecule has 5 heteroatoms. The van der Waals surface area contributed by atoms with Crippen molar-refractivity contribution in [1.29, 1.82) is 0 Å². The van der Waals surface area contributed by atoms with E-state index in [2.05, 4.69) is 0 Å². The third kappa shape index (κ3) is 5.87. The minimum absolute atomic E-state index is 0.0336. The van der Waals surface area contributed by atoms with Crippen LogP contribution in [0.4, 0.5) is 0 Å². The molecule has 0 aliphatic rings. The standard InChI is InChI=1S/C18H19NO3S/c1-14-7-9-18(10-8-14)23-13-17(20)11-16(12-19(21)22)15-5-3-2-4-6-15/h2-10,16H,11-13H2,1H3/t16-/m0/s1. The number of thioether (sulfide) groups is 1.